The molecule has 1 aromatic carbocycles. The van der Waals surface area contributed by atoms with E-state index >= 15 is 0 Å². The lowest BCUT2D eigenvalue weighted by Crippen LogP contribution is -2.51. The lowest BCUT2D eigenvalue weighted by Gasteiger charge is -2.38. The molecule has 1 amide bonds. The molecule has 2 aliphatic heterocycles. The van der Waals surface area contributed by atoms with Crippen LogP contribution in [0.5, 0.6) is 0 Å². The molecule has 0 unspecified atom stereocenters. The number of piperazine rings is 1. The van der Waals surface area contributed by atoms with Crippen molar-refractivity contribution in [2.75, 3.05) is 45.8 Å². The minimum atomic E-state index is 0.194. The molecule has 0 aliphatic carbocycles. The van der Waals surface area contributed by atoms with Crippen molar-refractivity contribution in [2.24, 2.45) is 5.92 Å². The molecule has 0 atom stereocenters. The molecule has 2 saturated heterocycles. The molecule has 2 aliphatic rings. The van der Waals surface area contributed by atoms with Crippen LogP contribution in [0.3, 0.4) is 0 Å². The van der Waals surface area contributed by atoms with Gasteiger partial charge >= 0.3 is 0 Å². The summed E-state index contributed by atoms with van der Waals surface area (Å²) in [5.41, 5.74) is 2.49. The van der Waals surface area contributed by atoms with Gasteiger partial charge < -0.3 is 4.90 Å². The Balaban J connectivity index is 1.17. The van der Waals surface area contributed by atoms with Gasteiger partial charge in [-0.05, 0) is 43.1 Å². The van der Waals surface area contributed by atoms with Crippen molar-refractivity contribution in [1.29, 1.82) is 0 Å². The molecule has 0 N–H and O–H groups in total. The van der Waals surface area contributed by atoms with E-state index in [-0.39, 0.29) is 5.92 Å². The number of pyridine rings is 1. The molecule has 158 valence electrons. The molecular weight excluding hydrogens is 372 g/mol. The number of hydrogen-bond acceptors (Lipinski definition) is 4. The van der Waals surface area contributed by atoms with Crippen LogP contribution in [-0.4, -0.2) is 71.4 Å². The van der Waals surface area contributed by atoms with Crippen LogP contribution < -0.4 is 0 Å². The molecule has 0 radical (unpaired) electrons. The van der Waals surface area contributed by atoms with E-state index in [1.54, 1.807) is 0 Å². The molecule has 5 nitrogen and oxygen atoms in total. The fourth-order valence-electron chi connectivity index (χ4n) is 4.40. The third kappa shape index (κ3) is 5.77. The maximum atomic E-state index is 13.0. The van der Waals surface area contributed by atoms with E-state index in [0.717, 1.165) is 65.2 Å². The quantitative estimate of drug-likeness (QED) is 0.742. The van der Waals surface area contributed by atoms with Gasteiger partial charge in [0.05, 0.1) is 0 Å². The van der Waals surface area contributed by atoms with Crippen molar-refractivity contribution in [1.82, 2.24) is 19.7 Å². The predicted octanol–water partition coefficient (Wildman–Crippen LogP) is 3.15. The van der Waals surface area contributed by atoms with Crippen LogP contribution in [0.15, 0.2) is 60.9 Å². The monoisotopic (exact) mass is 404 g/mol. The minimum absolute atomic E-state index is 0.194. The number of nitrogens with zero attached hydrogens (tertiary/aromatic N) is 4. The van der Waals surface area contributed by atoms with E-state index < -0.39 is 0 Å². The summed E-state index contributed by atoms with van der Waals surface area (Å²) in [6.45, 7) is 7.51. The molecule has 30 heavy (non-hydrogen) atoms. The largest absolute Gasteiger partial charge is 0.340 e. The van der Waals surface area contributed by atoms with E-state index in [1.165, 1.54) is 11.1 Å². The van der Waals surface area contributed by atoms with Crippen LogP contribution in [0.1, 0.15) is 24.0 Å². The van der Waals surface area contributed by atoms with Gasteiger partial charge in [0.1, 0.15) is 0 Å². The molecule has 0 spiro atoms. The smallest absolute Gasteiger partial charge is 0.225 e. The standard InChI is InChI=1S/C25H32N4O/c30-25(24-10-14-28(15-11-24)21-23-8-4-12-26-20-23)29-18-16-27(17-19-29)13-5-9-22-6-2-1-3-7-22/h1-9,12,20,24H,10-11,13-19,21H2/b9-5+. The number of piperidine rings is 1. The van der Waals surface area contributed by atoms with E-state index in [0.29, 0.717) is 5.91 Å². The molecule has 5 heteroatoms. The Bertz CT molecular complexity index is 808. The number of benzene rings is 1. The van der Waals surface area contributed by atoms with Gasteiger partial charge in [-0.2, -0.15) is 0 Å². The van der Waals surface area contributed by atoms with Gasteiger partial charge in [-0.15, -0.1) is 0 Å². The van der Waals surface area contributed by atoms with Crippen molar-refractivity contribution < 1.29 is 4.79 Å². The second-order valence-corrected chi connectivity index (χ2v) is 8.35. The highest BCUT2D eigenvalue weighted by Crippen LogP contribution is 2.22. The first-order chi connectivity index (χ1) is 14.8. The number of aromatic nitrogens is 1. The lowest BCUT2D eigenvalue weighted by atomic mass is 9.94. The second kappa shape index (κ2) is 10.5. The zero-order valence-corrected chi connectivity index (χ0v) is 17.7. The average Bonchev–Trinajstić information content (AvgIpc) is 2.81. The summed E-state index contributed by atoms with van der Waals surface area (Å²) in [4.78, 5) is 24.2. The zero-order chi connectivity index (χ0) is 20.6. The van der Waals surface area contributed by atoms with E-state index in [9.17, 15) is 4.79 Å². The van der Waals surface area contributed by atoms with E-state index in [4.69, 9.17) is 0 Å². The summed E-state index contributed by atoms with van der Waals surface area (Å²) in [5.74, 6) is 0.565. The summed E-state index contributed by atoms with van der Waals surface area (Å²) in [7, 11) is 0. The van der Waals surface area contributed by atoms with Gasteiger partial charge in [0, 0.05) is 57.6 Å². The maximum absolute atomic E-state index is 13.0. The Morgan fingerprint density at radius 2 is 1.70 bits per heavy atom. The van der Waals surface area contributed by atoms with Gasteiger partial charge in [-0.3, -0.25) is 19.6 Å². The van der Waals surface area contributed by atoms with E-state index in [1.807, 2.05) is 24.5 Å². The highest BCUT2D eigenvalue weighted by Gasteiger charge is 2.30. The summed E-state index contributed by atoms with van der Waals surface area (Å²) >= 11 is 0. The molecular formula is C25H32N4O. The van der Waals surface area contributed by atoms with Gasteiger partial charge in [0.15, 0.2) is 0 Å². The van der Waals surface area contributed by atoms with Gasteiger partial charge in [-0.25, -0.2) is 0 Å². The fourth-order valence-corrected chi connectivity index (χ4v) is 4.40. The number of carbonyl (C=O) groups is 1. The van der Waals surface area contributed by atoms with Crippen LogP contribution in [0.4, 0.5) is 0 Å². The van der Waals surface area contributed by atoms with Crippen LogP contribution in [0, 0.1) is 5.92 Å². The van der Waals surface area contributed by atoms with Gasteiger partial charge in [0.25, 0.3) is 0 Å². The highest BCUT2D eigenvalue weighted by molar-refractivity contribution is 5.79. The topological polar surface area (TPSA) is 39.7 Å². The fraction of sp³-hybridized carbons (Fsp3) is 0.440. The summed E-state index contributed by atoms with van der Waals surface area (Å²) < 4.78 is 0. The number of hydrogen-bond donors (Lipinski definition) is 0. The average molecular weight is 405 g/mol. The van der Waals surface area contributed by atoms with Gasteiger partial charge in [0.2, 0.25) is 5.91 Å². The number of amides is 1. The zero-order valence-electron chi connectivity index (χ0n) is 17.7. The van der Waals surface area contributed by atoms with Crippen molar-refractivity contribution >= 4 is 12.0 Å². The van der Waals surface area contributed by atoms with Crippen molar-refractivity contribution in [2.45, 2.75) is 19.4 Å². The molecule has 3 heterocycles. The maximum Gasteiger partial charge on any atom is 0.225 e. The molecule has 4 rings (SSSR count). The molecule has 2 aromatic rings. The summed E-state index contributed by atoms with van der Waals surface area (Å²) in [6.07, 6.45) is 10.1. The third-order valence-electron chi connectivity index (χ3n) is 6.22. The van der Waals surface area contributed by atoms with Crippen molar-refractivity contribution in [3.63, 3.8) is 0 Å². The molecule has 0 bridgehead atoms. The van der Waals surface area contributed by atoms with Gasteiger partial charge in [-0.1, -0.05) is 48.6 Å². The van der Waals surface area contributed by atoms with Crippen LogP contribution in [-0.2, 0) is 11.3 Å². The Labute approximate surface area is 180 Å². The Hall–Kier alpha value is -2.50. The highest BCUT2D eigenvalue weighted by atomic mass is 16.2. The minimum Gasteiger partial charge on any atom is -0.340 e. The van der Waals surface area contributed by atoms with E-state index in [2.05, 4.69) is 62.2 Å². The van der Waals surface area contributed by atoms with Crippen LogP contribution >= 0.6 is 0 Å². The number of carbonyl (C=O) groups excluding carboxylic acids is 1. The predicted molar refractivity (Wildman–Crippen MR) is 121 cm³/mol. The third-order valence-corrected chi connectivity index (χ3v) is 6.22. The van der Waals surface area contributed by atoms with Crippen molar-refractivity contribution in [3.8, 4) is 0 Å². The first-order valence-corrected chi connectivity index (χ1v) is 11.1. The second-order valence-electron chi connectivity index (χ2n) is 8.35. The Morgan fingerprint density at radius 1 is 0.933 bits per heavy atom. The van der Waals surface area contributed by atoms with Crippen molar-refractivity contribution in [3.05, 3.63) is 72.1 Å². The normalized spacial score (nSPS) is 19.4. The van der Waals surface area contributed by atoms with Crippen LogP contribution in [0.25, 0.3) is 6.08 Å². The Kier molecular flexibility index (Phi) is 7.27. The number of likely N-dealkylation sites (tertiary alicyclic amines) is 1. The SMILES string of the molecule is O=C(C1CCN(Cc2cccnc2)CC1)N1CCN(C/C=C/c2ccccc2)CC1. The first-order valence-electron chi connectivity index (χ1n) is 11.1. The molecule has 1 aromatic heterocycles. The molecule has 0 saturated carbocycles. The van der Waals surface area contributed by atoms with Crippen LogP contribution in [0.2, 0.25) is 0 Å². The first kappa shape index (κ1) is 20.8. The summed E-state index contributed by atoms with van der Waals surface area (Å²) in [6, 6.07) is 14.5. The summed E-state index contributed by atoms with van der Waals surface area (Å²) in [5, 5.41) is 0. The Morgan fingerprint density at radius 3 is 2.40 bits per heavy atom. The lowest BCUT2D eigenvalue weighted by molar-refractivity contribution is -0.138. The number of rotatable bonds is 6. The molecule has 2 fully saturated rings.